The number of thioether (sulfide) groups is 1. The van der Waals surface area contributed by atoms with Gasteiger partial charge in [-0.2, -0.15) is 5.26 Å². The fraction of sp³-hybridized carbons (Fsp3) is 0.0526. The molecule has 0 radical (unpaired) electrons. The first-order chi connectivity index (χ1) is 11.6. The van der Waals surface area contributed by atoms with E-state index in [0.717, 1.165) is 16.0 Å². The van der Waals surface area contributed by atoms with Crippen LogP contribution in [0.4, 0.5) is 4.39 Å². The van der Waals surface area contributed by atoms with Crippen LogP contribution in [0.15, 0.2) is 64.4 Å². The largest absolute Gasteiger partial charge is 0.327 e. The third-order valence-corrected chi connectivity index (χ3v) is 4.48. The van der Waals surface area contributed by atoms with Gasteiger partial charge in [0.25, 0.3) is 5.56 Å². The zero-order valence-corrected chi connectivity index (χ0v) is 13.7. The second-order valence-corrected chi connectivity index (χ2v) is 6.01. The van der Waals surface area contributed by atoms with Gasteiger partial charge in [-0.05, 0) is 41.6 Å². The lowest BCUT2D eigenvalue weighted by Gasteiger charge is -2.12. The Kier molecular flexibility index (Phi) is 4.50. The van der Waals surface area contributed by atoms with E-state index >= 15 is 0 Å². The van der Waals surface area contributed by atoms with Gasteiger partial charge in [0.1, 0.15) is 17.4 Å². The summed E-state index contributed by atoms with van der Waals surface area (Å²) in [6.45, 7) is 0. The van der Waals surface area contributed by atoms with Crippen LogP contribution in [0.3, 0.4) is 0 Å². The van der Waals surface area contributed by atoms with E-state index in [1.807, 2.05) is 36.6 Å². The molecule has 1 heterocycles. The number of aromatic nitrogens is 1. The van der Waals surface area contributed by atoms with Crippen LogP contribution in [0.1, 0.15) is 5.56 Å². The van der Waals surface area contributed by atoms with Crippen LogP contribution >= 0.6 is 11.8 Å². The number of rotatable bonds is 3. The lowest BCUT2D eigenvalue weighted by molar-refractivity contribution is 0.628. The van der Waals surface area contributed by atoms with Gasteiger partial charge < -0.3 is 4.98 Å². The number of aromatic amines is 1. The molecule has 1 N–H and O–H groups in total. The van der Waals surface area contributed by atoms with Gasteiger partial charge in [0.2, 0.25) is 0 Å². The van der Waals surface area contributed by atoms with E-state index in [1.165, 1.54) is 12.1 Å². The van der Waals surface area contributed by atoms with Crippen molar-refractivity contribution in [3.05, 3.63) is 76.5 Å². The summed E-state index contributed by atoms with van der Waals surface area (Å²) in [5.74, 6) is -0.368. The van der Waals surface area contributed by atoms with Gasteiger partial charge in [0, 0.05) is 22.2 Å². The molecule has 3 rings (SSSR count). The maximum Gasteiger partial charge on any atom is 0.266 e. The van der Waals surface area contributed by atoms with E-state index in [0.29, 0.717) is 11.1 Å². The minimum atomic E-state index is -0.457. The van der Waals surface area contributed by atoms with Crippen molar-refractivity contribution in [2.45, 2.75) is 4.90 Å². The van der Waals surface area contributed by atoms with Crippen molar-refractivity contribution in [3.8, 4) is 28.3 Å². The molecule has 0 aliphatic heterocycles. The van der Waals surface area contributed by atoms with Gasteiger partial charge in [-0.25, -0.2) is 4.39 Å². The lowest BCUT2D eigenvalue weighted by Crippen LogP contribution is -2.12. The van der Waals surface area contributed by atoms with Crippen molar-refractivity contribution in [1.82, 2.24) is 4.98 Å². The van der Waals surface area contributed by atoms with E-state index in [-0.39, 0.29) is 11.4 Å². The molecule has 0 spiro atoms. The van der Waals surface area contributed by atoms with Crippen molar-refractivity contribution in [3.63, 3.8) is 0 Å². The summed E-state index contributed by atoms with van der Waals surface area (Å²) in [5.41, 5.74) is 2.31. The second kappa shape index (κ2) is 6.73. The molecule has 0 unspecified atom stereocenters. The van der Waals surface area contributed by atoms with E-state index in [9.17, 15) is 14.4 Å². The topological polar surface area (TPSA) is 56.6 Å². The first-order valence-corrected chi connectivity index (χ1v) is 8.42. The molecule has 24 heavy (non-hydrogen) atoms. The molecule has 0 saturated carbocycles. The lowest BCUT2D eigenvalue weighted by atomic mass is 9.93. The molecule has 0 saturated heterocycles. The average molecular weight is 336 g/mol. The fourth-order valence-corrected chi connectivity index (χ4v) is 2.96. The van der Waals surface area contributed by atoms with Crippen LogP contribution in [0, 0.1) is 17.1 Å². The third-order valence-electron chi connectivity index (χ3n) is 3.74. The van der Waals surface area contributed by atoms with Crippen molar-refractivity contribution in [2.75, 3.05) is 6.26 Å². The van der Waals surface area contributed by atoms with E-state index in [2.05, 4.69) is 4.98 Å². The Morgan fingerprint density at radius 1 is 1.04 bits per heavy atom. The van der Waals surface area contributed by atoms with Crippen LogP contribution in [0.5, 0.6) is 0 Å². The van der Waals surface area contributed by atoms with Gasteiger partial charge in [-0.15, -0.1) is 11.8 Å². The molecule has 3 nitrogen and oxygen atoms in total. The third kappa shape index (κ3) is 2.97. The van der Waals surface area contributed by atoms with Crippen molar-refractivity contribution < 1.29 is 4.39 Å². The number of nitrogens with zero attached hydrogens (tertiary/aromatic N) is 1. The summed E-state index contributed by atoms with van der Waals surface area (Å²) < 4.78 is 13.2. The Labute approximate surface area is 142 Å². The summed E-state index contributed by atoms with van der Waals surface area (Å²) in [7, 11) is 0. The number of H-pyrrole nitrogens is 1. The monoisotopic (exact) mass is 336 g/mol. The summed E-state index contributed by atoms with van der Waals surface area (Å²) in [4.78, 5) is 15.8. The van der Waals surface area contributed by atoms with E-state index < -0.39 is 5.56 Å². The minimum Gasteiger partial charge on any atom is -0.327 e. The molecule has 2 aromatic carbocycles. The molecule has 0 fully saturated rings. The van der Waals surface area contributed by atoms with Crippen LogP contribution in [-0.2, 0) is 0 Å². The molecule has 0 bridgehead atoms. The predicted molar refractivity (Wildman–Crippen MR) is 94.4 cm³/mol. The number of nitrogens with one attached hydrogen (secondary N) is 1. The summed E-state index contributed by atoms with van der Waals surface area (Å²) in [6.07, 6.45) is 3.59. The smallest absolute Gasteiger partial charge is 0.266 e. The number of hydrogen-bond acceptors (Lipinski definition) is 3. The Hall–Kier alpha value is -2.84. The molecule has 0 amide bonds. The number of hydrogen-bond donors (Lipinski definition) is 1. The molecule has 0 aliphatic carbocycles. The Bertz CT molecular complexity index is 970. The predicted octanol–water partition coefficient (Wildman–Crippen LogP) is 4.44. The molecule has 1 aromatic heterocycles. The highest BCUT2D eigenvalue weighted by Crippen LogP contribution is 2.33. The molecule has 3 aromatic rings. The number of benzene rings is 2. The highest BCUT2D eigenvalue weighted by molar-refractivity contribution is 7.98. The van der Waals surface area contributed by atoms with Crippen molar-refractivity contribution in [1.29, 1.82) is 5.26 Å². The zero-order chi connectivity index (χ0) is 17.1. The Morgan fingerprint density at radius 3 is 2.25 bits per heavy atom. The van der Waals surface area contributed by atoms with Gasteiger partial charge in [0.05, 0.1) is 0 Å². The summed E-state index contributed by atoms with van der Waals surface area (Å²) in [6, 6.07) is 15.6. The Morgan fingerprint density at radius 2 is 1.67 bits per heavy atom. The second-order valence-electron chi connectivity index (χ2n) is 5.13. The highest BCUT2D eigenvalue weighted by Gasteiger charge is 2.16. The molecule has 0 aliphatic rings. The van der Waals surface area contributed by atoms with E-state index in [1.54, 1.807) is 30.1 Å². The Balaban J connectivity index is 2.28. The number of nitriles is 1. The molecular weight excluding hydrogens is 323 g/mol. The first-order valence-electron chi connectivity index (χ1n) is 7.20. The normalized spacial score (nSPS) is 10.4. The molecule has 0 atom stereocenters. The van der Waals surface area contributed by atoms with Gasteiger partial charge in [0.15, 0.2) is 0 Å². The standard InChI is InChI=1S/C19H13FN2OS/c1-24-15-8-4-12(5-9-15)17-11-22-19(23)16(10-21)18(17)13-2-6-14(20)7-3-13/h2-9,11H,1H3,(H,22,23). The van der Waals surface area contributed by atoms with Crippen LogP contribution in [0.2, 0.25) is 0 Å². The maximum absolute atomic E-state index is 13.2. The summed E-state index contributed by atoms with van der Waals surface area (Å²) in [5, 5.41) is 9.42. The quantitative estimate of drug-likeness (QED) is 0.719. The highest BCUT2D eigenvalue weighted by atomic mass is 32.2. The summed E-state index contributed by atoms with van der Waals surface area (Å²) >= 11 is 1.63. The van der Waals surface area contributed by atoms with Gasteiger partial charge in [-0.1, -0.05) is 24.3 Å². The maximum atomic E-state index is 13.2. The average Bonchev–Trinajstić information content (AvgIpc) is 2.62. The van der Waals surface area contributed by atoms with Crippen LogP contribution in [-0.4, -0.2) is 11.2 Å². The van der Waals surface area contributed by atoms with Gasteiger partial charge >= 0.3 is 0 Å². The van der Waals surface area contributed by atoms with Crippen molar-refractivity contribution >= 4 is 11.8 Å². The molecule has 5 heteroatoms. The van der Waals surface area contributed by atoms with Crippen molar-refractivity contribution in [2.24, 2.45) is 0 Å². The van der Waals surface area contributed by atoms with Crippen LogP contribution < -0.4 is 5.56 Å². The number of halogens is 1. The van der Waals surface area contributed by atoms with E-state index in [4.69, 9.17) is 0 Å². The first kappa shape index (κ1) is 16.0. The molecule has 118 valence electrons. The minimum absolute atomic E-state index is 0.0213. The SMILES string of the molecule is CSc1ccc(-c2c[nH]c(=O)c(C#N)c2-c2ccc(F)cc2)cc1. The van der Waals surface area contributed by atoms with Crippen LogP contribution in [0.25, 0.3) is 22.3 Å². The fourth-order valence-electron chi connectivity index (χ4n) is 2.55. The number of pyridine rings is 1. The van der Waals surface area contributed by atoms with Gasteiger partial charge in [-0.3, -0.25) is 4.79 Å². The molecular formula is C19H13FN2OS. The zero-order valence-electron chi connectivity index (χ0n) is 12.8.